The van der Waals surface area contributed by atoms with Gasteiger partial charge < -0.3 is 4.57 Å². The van der Waals surface area contributed by atoms with E-state index < -0.39 is 5.54 Å². The number of aliphatic imine (C=N–C) groups is 1. The third kappa shape index (κ3) is 2.06. The predicted molar refractivity (Wildman–Crippen MR) is 79.4 cm³/mol. The van der Waals surface area contributed by atoms with Gasteiger partial charge in [-0.25, -0.2) is 9.59 Å². The molecule has 0 N–H and O–H groups in total. The fourth-order valence-electron chi connectivity index (χ4n) is 3.00. The number of nitrogens with zero attached hydrogens (tertiary/aromatic N) is 3. The minimum Gasteiger partial charge on any atom is -0.302 e. The van der Waals surface area contributed by atoms with Gasteiger partial charge in [-0.1, -0.05) is 12.1 Å². The van der Waals surface area contributed by atoms with Crippen LogP contribution in [0.5, 0.6) is 0 Å². The summed E-state index contributed by atoms with van der Waals surface area (Å²) < 4.78 is 3.23. The van der Waals surface area contributed by atoms with Crippen molar-refractivity contribution in [2.24, 2.45) is 12.0 Å². The van der Waals surface area contributed by atoms with E-state index >= 15 is 0 Å². The highest BCUT2D eigenvalue weighted by molar-refractivity contribution is 5.43. The van der Waals surface area contributed by atoms with E-state index in [1.807, 2.05) is 31.2 Å². The van der Waals surface area contributed by atoms with Crippen LogP contribution in [0.2, 0.25) is 0 Å². The lowest BCUT2D eigenvalue weighted by molar-refractivity contribution is 0.256. The lowest BCUT2D eigenvalue weighted by Gasteiger charge is -2.37. The van der Waals surface area contributed by atoms with Gasteiger partial charge in [-0.3, -0.25) is 4.57 Å². The molecule has 0 aliphatic heterocycles. The van der Waals surface area contributed by atoms with Crippen LogP contribution in [0.4, 0.5) is 0 Å². The summed E-state index contributed by atoms with van der Waals surface area (Å²) in [6.45, 7) is 1.90. The van der Waals surface area contributed by atoms with Crippen molar-refractivity contribution in [2.45, 2.75) is 31.7 Å². The molecule has 0 amide bonds. The molecule has 0 bridgehead atoms. The Hall–Kier alpha value is -2.39. The van der Waals surface area contributed by atoms with Crippen LogP contribution in [-0.2, 0) is 17.4 Å². The SMILES string of the molecule is Cc1cn(C)c(=O)n1-c1ccc(C2(N=C=O)CCC2)cc1. The summed E-state index contributed by atoms with van der Waals surface area (Å²) in [6.07, 6.45) is 6.33. The normalized spacial score (nSPS) is 16.1. The molecule has 1 aliphatic carbocycles. The first-order valence-corrected chi connectivity index (χ1v) is 7.02. The van der Waals surface area contributed by atoms with E-state index in [1.165, 1.54) is 0 Å². The van der Waals surface area contributed by atoms with Crippen molar-refractivity contribution in [1.29, 1.82) is 0 Å². The second-order valence-corrected chi connectivity index (χ2v) is 5.63. The van der Waals surface area contributed by atoms with Gasteiger partial charge in [-0.15, -0.1) is 0 Å². The van der Waals surface area contributed by atoms with E-state index in [0.29, 0.717) is 0 Å². The highest BCUT2D eigenvalue weighted by atomic mass is 16.1. The summed E-state index contributed by atoms with van der Waals surface area (Å²) in [5, 5.41) is 0. The molecule has 3 rings (SSSR count). The monoisotopic (exact) mass is 283 g/mol. The van der Waals surface area contributed by atoms with Gasteiger partial charge in [0.05, 0.1) is 11.2 Å². The second-order valence-electron chi connectivity index (χ2n) is 5.63. The molecule has 21 heavy (non-hydrogen) atoms. The highest BCUT2D eigenvalue weighted by Gasteiger charge is 2.38. The quantitative estimate of drug-likeness (QED) is 0.640. The Balaban J connectivity index is 2.02. The molecule has 1 fully saturated rings. The predicted octanol–water partition coefficient (Wildman–Crippen LogP) is 2.20. The van der Waals surface area contributed by atoms with Crippen LogP contribution in [0.3, 0.4) is 0 Å². The summed E-state index contributed by atoms with van der Waals surface area (Å²) in [4.78, 5) is 26.7. The van der Waals surface area contributed by atoms with Crippen LogP contribution >= 0.6 is 0 Å². The summed E-state index contributed by atoms with van der Waals surface area (Å²) in [6, 6.07) is 7.72. The Kier molecular flexibility index (Phi) is 3.15. The number of imidazole rings is 1. The van der Waals surface area contributed by atoms with Crippen LogP contribution in [0.1, 0.15) is 30.5 Å². The van der Waals surface area contributed by atoms with Gasteiger partial charge in [0, 0.05) is 18.9 Å². The van der Waals surface area contributed by atoms with Gasteiger partial charge in [0.1, 0.15) is 0 Å². The second kappa shape index (κ2) is 4.86. The number of aromatic nitrogens is 2. The van der Waals surface area contributed by atoms with E-state index in [0.717, 1.165) is 36.2 Å². The molecule has 1 aromatic carbocycles. The van der Waals surface area contributed by atoms with Crippen LogP contribution in [0, 0.1) is 6.92 Å². The van der Waals surface area contributed by atoms with Crippen molar-refractivity contribution in [1.82, 2.24) is 9.13 Å². The van der Waals surface area contributed by atoms with Crippen molar-refractivity contribution in [3.63, 3.8) is 0 Å². The Morgan fingerprint density at radius 1 is 1.24 bits per heavy atom. The number of benzene rings is 1. The topological polar surface area (TPSA) is 56.4 Å². The van der Waals surface area contributed by atoms with Gasteiger partial charge in [0.2, 0.25) is 6.08 Å². The molecular formula is C16H17N3O2. The molecule has 0 spiro atoms. The van der Waals surface area contributed by atoms with Crippen LogP contribution in [0.25, 0.3) is 5.69 Å². The zero-order valence-electron chi connectivity index (χ0n) is 12.2. The summed E-state index contributed by atoms with van der Waals surface area (Å²) >= 11 is 0. The number of carbonyl (C=O) groups excluding carboxylic acids is 1. The van der Waals surface area contributed by atoms with E-state index in [1.54, 1.807) is 28.5 Å². The molecule has 5 nitrogen and oxygen atoms in total. The zero-order valence-corrected chi connectivity index (χ0v) is 12.2. The lowest BCUT2D eigenvalue weighted by Crippen LogP contribution is -2.31. The molecule has 0 saturated heterocycles. The first kappa shape index (κ1) is 13.6. The molecule has 1 saturated carbocycles. The van der Waals surface area contributed by atoms with Crippen LogP contribution in [-0.4, -0.2) is 15.2 Å². The first-order chi connectivity index (χ1) is 10.1. The Morgan fingerprint density at radius 2 is 1.90 bits per heavy atom. The molecule has 1 aromatic heterocycles. The third-order valence-corrected chi connectivity index (χ3v) is 4.33. The zero-order chi connectivity index (χ0) is 15.0. The maximum Gasteiger partial charge on any atom is 0.332 e. The number of hydrogen-bond donors (Lipinski definition) is 0. The smallest absolute Gasteiger partial charge is 0.302 e. The third-order valence-electron chi connectivity index (χ3n) is 4.33. The van der Waals surface area contributed by atoms with Crippen molar-refractivity contribution in [2.75, 3.05) is 0 Å². The van der Waals surface area contributed by atoms with Gasteiger partial charge in [0.25, 0.3) is 0 Å². The van der Waals surface area contributed by atoms with Gasteiger partial charge >= 0.3 is 5.69 Å². The minimum absolute atomic E-state index is 0.0653. The number of isocyanates is 1. The molecule has 108 valence electrons. The average molecular weight is 283 g/mol. The minimum atomic E-state index is -0.392. The van der Waals surface area contributed by atoms with Crippen molar-refractivity contribution < 1.29 is 4.79 Å². The molecule has 0 radical (unpaired) electrons. The van der Waals surface area contributed by atoms with E-state index in [2.05, 4.69) is 4.99 Å². The summed E-state index contributed by atoms with van der Waals surface area (Å²) in [5.41, 5.74) is 2.27. The fourth-order valence-corrected chi connectivity index (χ4v) is 3.00. The molecule has 0 unspecified atom stereocenters. The number of rotatable bonds is 3. The van der Waals surface area contributed by atoms with Crippen molar-refractivity contribution in [3.8, 4) is 5.69 Å². The number of aryl methyl sites for hydroxylation is 2. The Bertz CT molecular complexity index is 773. The van der Waals surface area contributed by atoms with E-state index in [-0.39, 0.29) is 5.69 Å². The average Bonchev–Trinajstić information content (AvgIpc) is 2.68. The van der Waals surface area contributed by atoms with E-state index in [9.17, 15) is 9.59 Å². The fraction of sp³-hybridized carbons (Fsp3) is 0.375. The highest BCUT2D eigenvalue weighted by Crippen LogP contribution is 2.44. The Morgan fingerprint density at radius 3 is 2.33 bits per heavy atom. The summed E-state index contributed by atoms with van der Waals surface area (Å²) in [5.74, 6) is 0. The lowest BCUT2D eigenvalue weighted by atomic mass is 9.72. The number of hydrogen-bond acceptors (Lipinski definition) is 3. The molecular weight excluding hydrogens is 266 g/mol. The standard InChI is InChI=1S/C16H17N3O2/c1-12-10-18(2)15(21)19(12)14-6-4-13(5-7-14)16(17-11-20)8-3-9-16/h4-7,10H,3,8-9H2,1-2H3. The molecule has 2 aromatic rings. The molecule has 0 atom stereocenters. The Labute approximate surface area is 122 Å². The van der Waals surface area contributed by atoms with Crippen LogP contribution < -0.4 is 5.69 Å². The first-order valence-electron chi connectivity index (χ1n) is 7.02. The largest absolute Gasteiger partial charge is 0.332 e. The van der Waals surface area contributed by atoms with Crippen molar-refractivity contribution >= 4 is 6.08 Å². The molecule has 1 aliphatic rings. The van der Waals surface area contributed by atoms with Gasteiger partial charge in [-0.2, -0.15) is 4.99 Å². The molecule has 5 heteroatoms. The van der Waals surface area contributed by atoms with E-state index in [4.69, 9.17) is 0 Å². The maximum absolute atomic E-state index is 12.1. The summed E-state index contributed by atoms with van der Waals surface area (Å²) in [7, 11) is 1.74. The maximum atomic E-state index is 12.1. The van der Waals surface area contributed by atoms with Gasteiger partial charge in [0.15, 0.2) is 0 Å². The van der Waals surface area contributed by atoms with Crippen molar-refractivity contribution in [3.05, 3.63) is 52.2 Å². The van der Waals surface area contributed by atoms with Gasteiger partial charge in [-0.05, 0) is 43.9 Å². The molecule has 1 heterocycles. The van der Waals surface area contributed by atoms with Crippen LogP contribution in [0.15, 0.2) is 40.2 Å².